The Balaban J connectivity index is 2.01. The van der Waals surface area contributed by atoms with Gasteiger partial charge in [-0.2, -0.15) is 5.10 Å². The molecule has 4 N–H and O–H groups in total. The average Bonchev–Trinajstić information content (AvgIpc) is 2.65. The van der Waals surface area contributed by atoms with Crippen LogP contribution in [0.2, 0.25) is 0 Å². The molecule has 2 unspecified atom stereocenters. The minimum Gasteiger partial charge on any atom is -0.394 e. The molecule has 1 saturated carbocycles. The molecule has 0 aliphatic heterocycles. The summed E-state index contributed by atoms with van der Waals surface area (Å²) in [6, 6.07) is 0. The van der Waals surface area contributed by atoms with E-state index in [2.05, 4.69) is 17.3 Å². The first-order valence-corrected chi connectivity index (χ1v) is 7.38. The molecule has 19 heavy (non-hydrogen) atoms. The number of hydrogen-bond acceptors (Lipinski definition) is 4. The molecule has 0 saturated heterocycles. The fourth-order valence-electron chi connectivity index (χ4n) is 2.81. The van der Waals surface area contributed by atoms with Gasteiger partial charge in [-0.25, -0.2) is 4.68 Å². The molecule has 1 aliphatic carbocycles. The lowest BCUT2D eigenvalue weighted by molar-refractivity contribution is 0.0762. The molecule has 0 radical (unpaired) electrons. The third-order valence-corrected chi connectivity index (χ3v) is 4.01. The number of aliphatic hydroxyl groups excluding tert-OH is 1. The number of aromatic nitrogens is 2. The minimum atomic E-state index is -0.175. The Morgan fingerprint density at radius 1 is 1.42 bits per heavy atom. The van der Waals surface area contributed by atoms with Gasteiger partial charge in [0.05, 0.1) is 17.5 Å². The first-order valence-electron chi connectivity index (χ1n) is 7.38. The number of nitrogen functional groups attached to an aromatic ring is 1. The molecule has 5 heteroatoms. The van der Waals surface area contributed by atoms with Crippen LogP contribution in [0.4, 0.5) is 11.5 Å². The Morgan fingerprint density at radius 3 is 2.84 bits per heavy atom. The third-order valence-electron chi connectivity index (χ3n) is 4.01. The summed E-state index contributed by atoms with van der Waals surface area (Å²) in [6.07, 6.45) is 5.23. The fourth-order valence-corrected chi connectivity index (χ4v) is 2.81. The Bertz CT molecular complexity index is 416. The maximum absolute atomic E-state index is 10.0. The predicted octanol–water partition coefficient (Wildman–Crippen LogP) is 2.15. The van der Waals surface area contributed by atoms with E-state index >= 15 is 0 Å². The van der Waals surface area contributed by atoms with Crippen LogP contribution in [-0.2, 0) is 6.54 Å². The second-order valence-corrected chi connectivity index (χ2v) is 5.56. The van der Waals surface area contributed by atoms with Crippen molar-refractivity contribution in [1.82, 2.24) is 9.78 Å². The predicted molar refractivity (Wildman–Crippen MR) is 78.1 cm³/mol. The van der Waals surface area contributed by atoms with Gasteiger partial charge in [-0.05, 0) is 26.2 Å². The van der Waals surface area contributed by atoms with Crippen molar-refractivity contribution >= 4 is 11.5 Å². The van der Waals surface area contributed by atoms with E-state index < -0.39 is 0 Å². The van der Waals surface area contributed by atoms with Crippen LogP contribution in [0.15, 0.2) is 0 Å². The first kappa shape index (κ1) is 14.2. The number of rotatable bonds is 5. The highest BCUT2D eigenvalue weighted by atomic mass is 16.3. The molecule has 0 bridgehead atoms. The maximum Gasteiger partial charge on any atom is 0.148 e. The van der Waals surface area contributed by atoms with Crippen LogP contribution in [-0.4, -0.2) is 27.5 Å². The fraction of sp³-hybridized carbons (Fsp3) is 0.786. The molecule has 1 fully saturated rings. The van der Waals surface area contributed by atoms with E-state index in [1.54, 1.807) is 0 Å². The number of nitrogens with zero attached hydrogens (tertiary/aromatic N) is 2. The van der Waals surface area contributed by atoms with E-state index in [0.717, 1.165) is 56.0 Å². The third kappa shape index (κ3) is 3.21. The Kier molecular flexibility index (Phi) is 4.69. The largest absolute Gasteiger partial charge is 0.394 e. The Morgan fingerprint density at radius 2 is 2.16 bits per heavy atom. The van der Waals surface area contributed by atoms with Crippen molar-refractivity contribution < 1.29 is 5.11 Å². The van der Waals surface area contributed by atoms with Crippen molar-refractivity contribution in [2.75, 3.05) is 17.6 Å². The van der Waals surface area contributed by atoms with Gasteiger partial charge in [-0.1, -0.05) is 19.8 Å². The molecule has 0 spiro atoms. The minimum absolute atomic E-state index is 0.175. The van der Waals surface area contributed by atoms with Crippen molar-refractivity contribution in [3.8, 4) is 0 Å². The molecule has 1 heterocycles. The number of nitrogens with one attached hydrogen (secondary N) is 1. The zero-order valence-corrected chi connectivity index (χ0v) is 12.0. The van der Waals surface area contributed by atoms with Gasteiger partial charge in [0.15, 0.2) is 0 Å². The van der Waals surface area contributed by atoms with Crippen LogP contribution in [0.1, 0.15) is 44.7 Å². The van der Waals surface area contributed by atoms with E-state index in [-0.39, 0.29) is 6.10 Å². The SMILES string of the molecule is CCCn1nc(C)c(N)c1NCC1CCCCC1O. The highest BCUT2D eigenvalue weighted by Gasteiger charge is 2.23. The Labute approximate surface area is 115 Å². The summed E-state index contributed by atoms with van der Waals surface area (Å²) in [6.45, 7) is 5.71. The summed E-state index contributed by atoms with van der Waals surface area (Å²) >= 11 is 0. The van der Waals surface area contributed by atoms with E-state index in [0.29, 0.717) is 5.92 Å². The zero-order valence-electron chi connectivity index (χ0n) is 12.0. The maximum atomic E-state index is 10.0. The second-order valence-electron chi connectivity index (χ2n) is 5.56. The zero-order chi connectivity index (χ0) is 13.8. The molecule has 2 atom stereocenters. The van der Waals surface area contributed by atoms with Crippen LogP contribution >= 0.6 is 0 Å². The van der Waals surface area contributed by atoms with Crippen molar-refractivity contribution in [2.24, 2.45) is 5.92 Å². The van der Waals surface area contributed by atoms with Crippen LogP contribution in [0.5, 0.6) is 0 Å². The van der Waals surface area contributed by atoms with E-state index in [1.165, 1.54) is 6.42 Å². The normalized spacial score (nSPS) is 23.5. The van der Waals surface area contributed by atoms with Crippen LogP contribution < -0.4 is 11.1 Å². The van der Waals surface area contributed by atoms with Gasteiger partial charge in [-0.3, -0.25) is 0 Å². The average molecular weight is 266 g/mol. The van der Waals surface area contributed by atoms with Crippen molar-refractivity contribution in [3.05, 3.63) is 5.69 Å². The van der Waals surface area contributed by atoms with Crippen molar-refractivity contribution in [2.45, 2.75) is 58.6 Å². The monoisotopic (exact) mass is 266 g/mol. The number of aliphatic hydroxyl groups is 1. The van der Waals surface area contributed by atoms with Crippen LogP contribution in [0.3, 0.4) is 0 Å². The first-order chi connectivity index (χ1) is 9.13. The topological polar surface area (TPSA) is 76.1 Å². The Hall–Kier alpha value is -1.23. The number of nitrogens with two attached hydrogens (primary N) is 1. The summed E-state index contributed by atoms with van der Waals surface area (Å²) in [5, 5.41) is 17.9. The van der Waals surface area contributed by atoms with Crippen molar-refractivity contribution in [1.29, 1.82) is 0 Å². The number of anilines is 2. The highest BCUT2D eigenvalue weighted by molar-refractivity contribution is 5.64. The summed E-state index contributed by atoms with van der Waals surface area (Å²) < 4.78 is 1.94. The van der Waals surface area contributed by atoms with Gasteiger partial charge in [0.1, 0.15) is 5.82 Å². The van der Waals surface area contributed by atoms with Crippen LogP contribution in [0.25, 0.3) is 0 Å². The van der Waals surface area contributed by atoms with Gasteiger partial charge in [0, 0.05) is 19.0 Å². The summed E-state index contributed by atoms with van der Waals surface area (Å²) in [5.74, 6) is 1.25. The van der Waals surface area contributed by atoms with Crippen LogP contribution in [0, 0.1) is 12.8 Å². The van der Waals surface area contributed by atoms with Crippen molar-refractivity contribution in [3.63, 3.8) is 0 Å². The lowest BCUT2D eigenvalue weighted by Crippen LogP contribution is -2.30. The number of hydrogen-bond donors (Lipinski definition) is 3. The van der Waals surface area contributed by atoms with E-state index in [4.69, 9.17) is 5.73 Å². The lowest BCUT2D eigenvalue weighted by atomic mass is 9.86. The molecular formula is C14H26N4O. The number of aryl methyl sites for hydroxylation is 2. The molecule has 1 aromatic heterocycles. The molecule has 108 valence electrons. The summed E-state index contributed by atoms with van der Waals surface area (Å²) in [5.41, 5.74) is 7.69. The quantitative estimate of drug-likeness (QED) is 0.763. The smallest absolute Gasteiger partial charge is 0.148 e. The van der Waals surface area contributed by atoms with E-state index in [9.17, 15) is 5.11 Å². The molecule has 0 amide bonds. The van der Waals surface area contributed by atoms with Gasteiger partial charge in [0.2, 0.25) is 0 Å². The van der Waals surface area contributed by atoms with Gasteiger partial charge < -0.3 is 16.2 Å². The molecular weight excluding hydrogens is 240 g/mol. The summed E-state index contributed by atoms with van der Waals surface area (Å²) in [7, 11) is 0. The molecule has 2 rings (SSSR count). The molecule has 5 nitrogen and oxygen atoms in total. The molecule has 0 aromatic carbocycles. The standard InChI is InChI=1S/C14H26N4O/c1-3-8-18-14(13(15)10(2)17-18)16-9-11-6-4-5-7-12(11)19/h11-12,16,19H,3-9,15H2,1-2H3. The van der Waals surface area contributed by atoms with Gasteiger partial charge in [0.25, 0.3) is 0 Å². The molecule has 1 aromatic rings. The summed E-state index contributed by atoms with van der Waals surface area (Å²) in [4.78, 5) is 0. The van der Waals surface area contributed by atoms with E-state index in [1.807, 2.05) is 11.6 Å². The second kappa shape index (κ2) is 6.28. The van der Waals surface area contributed by atoms with Gasteiger partial charge >= 0.3 is 0 Å². The molecule has 1 aliphatic rings. The van der Waals surface area contributed by atoms with Gasteiger partial charge in [-0.15, -0.1) is 0 Å². The highest BCUT2D eigenvalue weighted by Crippen LogP contribution is 2.27. The lowest BCUT2D eigenvalue weighted by Gasteiger charge is -2.28.